The molecule has 2 aliphatic heterocycles. The van der Waals surface area contributed by atoms with Crippen molar-refractivity contribution >= 4 is 17.2 Å². The maximum Gasteiger partial charge on any atom is 0.223 e. The van der Waals surface area contributed by atoms with Crippen molar-refractivity contribution < 1.29 is 4.79 Å². The number of aryl methyl sites for hydroxylation is 2. The molecule has 2 fully saturated rings. The van der Waals surface area contributed by atoms with Gasteiger partial charge in [0.05, 0.1) is 11.7 Å². The van der Waals surface area contributed by atoms with Crippen molar-refractivity contribution in [1.82, 2.24) is 19.9 Å². The Hall–Kier alpha value is -1.69. The second-order valence-electron chi connectivity index (χ2n) is 9.17. The van der Waals surface area contributed by atoms with Crippen LogP contribution in [-0.4, -0.2) is 37.9 Å². The van der Waals surface area contributed by atoms with Crippen LogP contribution in [0.25, 0.3) is 0 Å². The standard InChI is InChI=1S/C21H30N4OS/c1-14-9-10-27-18(14)7-8-20(26)25-15-5-6-16(25)12-17(11-15)24-13-19(22-23-24)21(2,3)4/h9-10,13,15-17H,5-8,11-12H2,1-4H3. The quantitative estimate of drug-likeness (QED) is 0.788. The number of aromatic nitrogens is 3. The lowest BCUT2D eigenvalue weighted by molar-refractivity contribution is -0.136. The average molecular weight is 387 g/mol. The molecule has 2 aromatic heterocycles. The van der Waals surface area contributed by atoms with E-state index in [1.54, 1.807) is 11.3 Å². The zero-order valence-corrected chi connectivity index (χ0v) is 17.6. The Bertz CT molecular complexity index is 804. The summed E-state index contributed by atoms with van der Waals surface area (Å²) in [7, 11) is 0. The zero-order valence-electron chi connectivity index (χ0n) is 16.8. The number of rotatable bonds is 4. The van der Waals surface area contributed by atoms with E-state index < -0.39 is 0 Å². The molecule has 2 aliphatic rings. The minimum absolute atomic E-state index is 0.0217. The molecule has 2 unspecified atom stereocenters. The Morgan fingerprint density at radius 3 is 2.48 bits per heavy atom. The van der Waals surface area contributed by atoms with Gasteiger partial charge >= 0.3 is 0 Å². The van der Waals surface area contributed by atoms with E-state index in [4.69, 9.17) is 0 Å². The normalized spacial score (nSPS) is 25.2. The Morgan fingerprint density at radius 1 is 1.22 bits per heavy atom. The minimum atomic E-state index is 0.0217. The van der Waals surface area contributed by atoms with E-state index in [-0.39, 0.29) is 5.41 Å². The third kappa shape index (κ3) is 3.68. The first kappa shape index (κ1) is 18.7. The van der Waals surface area contributed by atoms with Crippen molar-refractivity contribution in [2.75, 3.05) is 0 Å². The first-order valence-corrected chi connectivity index (χ1v) is 11.0. The predicted molar refractivity (Wildman–Crippen MR) is 108 cm³/mol. The van der Waals surface area contributed by atoms with Gasteiger partial charge in [0, 0.05) is 35.0 Å². The van der Waals surface area contributed by atoms with E-state index in [1.165, 1.54) is 10.4 Å². The first-order valence-electron chi connectivity index (χ1n) is 10.1. The fraction of sp³-hybridized carbons (Fsp3) is 0.667. The van der Waals surface area contributed by atoms with Crippen molar-refractivity contribution in [2.24, 2.45) is 0 Å². The topological polar surface area (TPSA) is 51.0 Å². The number of hydrogen-bond donors (Lipinski definition) is 0. The van der Waals surface area contributed by atoms with Gasteiger partial charge < -0.3 is 4.90 Å². The van der Waals surface area contributed by atoms with Gasteiger partial charge in [-0.05, 0) is 56.0 Å². The van der Waals surface area contributed by atoms with E-state index in [2.05, 4.69) is 65.2 Å². The van der Waals surface area contributed by atoms with Crippen molar-refractivity contribution in [3.05, 3.63) is 33.8 Å². The molecule has 2 aromatic rings. The van der Waals surface area contributed by atoms with Gasteiger partial charge in [-0.15, -0.1) is 16.4 Å². The summed E-state index contributed by atoms with van der Waals surface area (Å²) in [5.41, 5.74) is 2.38. The van der Waals surface area contributed by atoms with Crippen molar-refractivity contribution in [3.63, 3.8) is 0 Å². The fourth-order valence-corrected chi connectivity index (χ4v) is 5.49. The fourth-order valence-electron chi connectivity index (χ4n) is 4.58. The minimum Gasteiger partial charge on any atom is -0.337 e. The number of piperidine rings is 1. The van der Waals surface area contributed by atoms with Crippen molar-refractivity contribution in [2.45, 2.75) is 89.8 Å². The highest BCUT2D eigenvalue weighted by molar-refractivity contribution is 7.10. The van der Waals surface area contributed by atoms with Crippen LogP contribution in [0, 0.1) is 6.92 Å². The van der Waals surface area contributed by atoms with Crippen LogP contribution in [0.3, 0.4) is 0 Å². The van der Waals surface area contributed by atoms with Gasteiger partial charge in [-0.25, -0.2) is 4.68 Å². The molecule has 0 aliphatic carbocycles. The van der Waals surface area contributed by atoms with Crippen molar-refractivity contribution in [1.29, 1.82) is 0 Å². The summed E-state index contributed by atoms with van der Waals surface area (Å²) >= 11 is 1.77. The lowest BCUT2D eigenvalue weighted by Gasteiger charge is -2.39. The summed E-state index contributed by atoms with van der Waals surface area (Å²) in [5, 5.41) is 10.9. The molecule has 0 saturated carbocycles. The van der Waals surface area contributed by atoms with E-state index in [9.17, 15) is 4.79 Å². The molecule has 4 heterocycles. The van der Waals surface area contributed by atoms with Crippen LogP contribution in [0.5, 0.6) is 0 Å². The third-order valence-electron chi connectivity index (χ3n) is 6.18. The number of thiophene rings is 1. The van der Waals surface area contributed by atoms with Crippen LogP contribution in [0.1, 0.15) is 75.1 Å². The molecule has 4 rings (SSSR count). The lowest BCUT2D eigenvalue weighted by Crippen LogP contribution is -2.47. The zero-order chi connectivity index (χ0) is 19.2. The highest BCUT2D eigenvalue weighted by Gasteiger charge is 2.43. The summed E-state index contributed by atoms with van der Waals surface area (Å²) in [4.78, 5) is 16.5. The molecule has 6 heteroatoms. The van der Waals surface area contributed by atoms with Gasteiger partial charge in [-0.2, -0.15) is 0 Å². The average Bonchev–Trinajstić information content (AvgIpc) is 3.31. The molecule has 0 spiro atoms. The van der Waals surface area contributed by atoms with Crippen LogP contribution in [-0.2, 0) is 16.6 Å². The Labute approximate surface area is 165 Å². The smallest absolute Gasteiger partial charge is 0.223 e. The van der Waals surface area contributed by atoms with E-state index in [0.717, 1.165) is 37.8 Å². The Balaban J connectivity index is 1.40. The maximum atomic E-state index is 12.9. The highest BCUT2D eigenvalue weighted by atomic mass is 32.1. The van der Waals surface area contributed by atoms with Crippen LogP contribution in [0.2, 0.25) is 0 Å². The summed E-state index contributed by atoms with van der Waals surface area (Å²) in [5.74, 6) is 0.336. The van der Waals surface area contributed by atoms with Gasteiger partial charge in [0.2, 0.25) is 5.91 Å². The number of nitrogens with zero attached hydrogens (tertiary/aromatic N) is 4. The lowest BCUT2D eigenvalue weighted by atomic mass is 9.93. The molecular weight excluding hydrogens is 356 g/mol. The molecule has 5 nitrogen and oxygen atoms in total. The maximum absolute atomic E-state index is 12.9. The van der Waals surface area contributed by atoms with Crippen LogP contribution < -0.4 is 0 Å². The van der Waals surface area contributed by atoms with Crippen LogP contribution in [0.4, 0.5) is 0 Å². The summed E-state index contributed by atoms with van der Waals surface area (Å²) in [6, 6.07) is 3.25. The third-order valence-corrected chi connectivity index (χ3v) is 7.27. The first-order chi connectivity index (χ1) is 12.8. The second-order valence-corrected chi connectivity index (χ2v) is 10.2. The molecule has 2 atom stereocenters. The number of carbonyl (C=O) groups excluding carboxylic acids is 1. The van der Waals surface area contributed by atoms with Crippen LogP contribution >= 0.6 is 11.3 Å². The number of hydrogen-bond acceptors (Lipinski definition) is 4. The second kappa shape index (κ2) is 7.04. The summed E-state index contributed by atoms with van der Waals surface area (Å²) < 4.78 is 2.06. The van der Waals surface area contributed by atoms with Crippen molar-refractivity contribution in [3.8, 4) is 0 Å². The largest absolute Gasteiger partial charge is 0.337 e. The molecule has 0 N–H and O–H groups in total. The molecule has 146 valence electrons. The predicted octanol–water partition coefficient (Wildman–Crippen LogP) is 4.27. The number of fused-ring (bicyclic) bond motifs is 2. The molecule has 0 radical (unpaired) electrons. The molecular formula is C21H30N4OS. The number of amides is 1. The SMILES string of the molecule is Cc1ccsc1CCC(=O)N1C2CCC1CC(n1cc(C(C)(C)C)nn1)C2. The van der Waals surface area contributed by atoms with Gasteiger partial charge in [-0.1, -0.05) is 26.0 Å². The molecule has 2 bridgehead atoms. The van der Waals surface area contributed by atoms with E-state index >= 15 is 0 Å². The molecule has 1 amide bonds. The van der Waals surface area contributed by atoms with Crippen LogP contribution in [0.15, 0.2) is 17.6 Å². The van der Waals surface area contributed by atoms with Gasteiger partial charge in [0.15, 0.2) is 0 Å². The highest BCUT2D eigenvalue weighted by Crippen LogP contribution is 2.41. The van der Waals surface area contributed by atoms with Gasteiger partial charge in [0.1, 0.15) is 0 Å². The molecule has 27 heavy (non-hydrogen) atoms. The summed E-state index contributed by atoms with van der Waals surface area (Å²) in [6.07, 6.45) is 7.90. The monoisotopic (exact) mass is 386 g/mol. The van der Waals surface area contributed by atoms with E-state index in [0.29, 0.717) is 30.5 Å². The Morgan fingerprint density at radius 2 is 1.93 bits per heavy atom. The molecule has 2 saturated heterocycles. The summed E-state index contributed by atoms with van der Waals surface area (Å²) in [6.45, 7) is 8.64. The number of carbonyl (C=O) groups is 1. The molecule has 0 aromatic carbocycles. The van der Waals surface area contributed by atoms with Gasteiger partial charge in [0.25, 0.3) is 0 Å². The van der Waals surface area contributed by atoms with Gasteiger partial charge in [-0.3, -0.25) is 4.79 Å². The van der Waals surface area contributed by atoms with E-state index in [1.807, 2.05) is 0 Å². The Kier molecular flexibility index (Phi) is 4.87.